The molecular formula is C14H24O4Si. The first-order valence-corrected chi connectivity index (χ1v) is 9.21. The summed E-state index contributed by atoms with van der Waals surface area (Å²) in [5, 5.41) is 0. The number of allylic oxidation sites excluding steroid dienone is 2. The van der Waals surface area contributed by atoms with Gasteiger partial charge in [0.15, 0.2) is 0 Å². The molecular weight excluding hydrogens is 260 g/mol. The Morgan fingerprint density at radius 1 is 1.32 bits per heavy atom. The first-order chi connectivity index (χ1) is 9.14. The quantitative estimate of drug-likeness (QED) is 0.306. The van der Waals surface area contributed by atoms with Crippen molar-refractivity contribution in [2.45, 2.75) is 31.2 Å². The predicted octanol–water partition coefficient (Wildman–Crippen LogP) is 1.30. The topological polar surface area (TPSA) is 44.8 Å². The van der Waals surface area contributed by atoms with Crippen LogP contribution in [0.5, 0.6) is 0 Å². The van der Waals surface area contributed by atoms with Gasteiger partial charge in [0.05, 0.1) is 22.0 Å². The van der Waals surface area contributed by atoms with E-state index in [9.17, 15) is 4.79 Å². The number of hydrogen-bond donors (Lipinski definition) is 0. The maximum absolute atomic E-state index is 12.1. The van der Waals surface area contributed by atoms with E-state index in [4.69, 9.17) is 14.2 Å². The van der Waals surface area contributed by atoms with Crippen LogP contribution in [-0.2, 0) is 19.0 Å². The van der Waals surface area contributed by atoms with Gasteiger partial charge in [-0.25, -0.2) is 0 Å². The van der Waals surface area contributed by atoms with E-state index in [1.807, 2.05) is 0 Å². The van der Waals surface area contributed by atoms with Gasteiger partial charge in [-0.15, -0.1) is 0 Å². The Labute approximate surface area is 117 Å². The van der Waals surface area contributed by atoms with Crippen LogP contribution >= 0.6 is 0 Å². The Morgan fingerprint density at radius 2 is 2.05 bits per heavy atom. The van der Waals surface area contributed by atoms with Crippen molar-refractivity contribution in [3.8, 4) is 0 Å². The average Bonchev–Trinajstić information content (AvgIpc) is 3.06. The number of ether oxygens (including phenoxy) is 3. The lowest BCUT2D eigenvalue weighted by Gasteiger charge is -2.29. The molecule has 1 fully saturated rings. The zero-order valence-corrected chi connectivity index (χ0v) is 13.5. The van der Waals surface area contributed by atoms with E-state index in [2.05, 4.69) is 18.7 Å². The molecule has 1 saturated carbocycles. The summed E-state index contributed by atoms with van der Waals surface area (Å²) in [7, 11) is 2.81. The second-order valence-electron chi connectivity index (χ2n) is 5.48. The summed E-state index contributed by atoms with van der Waals surface area (Å²) in [6, 6.07) is 0. The molecule has 0 heterocycles. The lowest BCUT2D eigenvalue weighted by atomic mass is 9.94. The molecule has 0 amide bonds. The van der Waals surface area contributed by atoms with Gasteiger partial charge in [-0.2, -0.15) is 0 Å². The van der Waals surface area contributed by atoms with Gasteiger partial charge in [-0.3, -0.25) is 4.79 Å². The van der Waals surface area contributed by atoms with Crippen LogP contribution in [0.25, 0.3) is 0 Å². The minimum atomic E-state index is -0.496. The molecule has 2 rings (SSSR count). The highest BCUT2D eigenvalue weighted by Crippen LogP contribution is 2.43. The number of fused-ring (bicyclic) bond motifs is 2. The van der Waals surface area contributed by atoms with Gasteiger partial charge >= 0.3 is 5.97 Å². The first-order valence-electron chi connectivity index (χ1n) is 7.09. The van der Waals surface area contributed by atoms with Crippen molar-refractivity contribution in [3.63, 3.8) is 0 Å². The van der Waals surface area contributed by atoms with Crippen LogP contribution in [0.2, 0.25) is 6.55 Å². The van der Waals surface area contributed by atoms with E-state index in [0.29, 0.717) is 24.9 Å². The molecule has 4 nitrogen and oxygen atoms in total. The van der Waals surface area contributed by atoms with Crippen molar-refractivity contribution >= 4 is 15.5 Å². The third kappa shape index (κ3) is 3.09. The molecule has 0 radical (unpaired) electrons. The van der Waals surface area contributed by atoms with Gasteiger partial charge in [0.1, 0.15) is 5.41 Å². The van der Waals surface area contributed by atoms with E-state index in [1.54, 1.807) is 14.2 Å². The van der Waals surface area contributed by atoms with E-state index >= 15 is 0 Å². The van der Waals surface area contributed by atoms with E-state index in [1.165, 1.54) is 0 Å². The highest BCUT2D eigenvalue weighted by molar-refractivity contribution is 6.37. The second kappa shape index (κ2) is 6.20. The molecule has 3 atom stereocenters. The number of rotatable bonds is 7. The summed E-state index contributed by atoms with van der Waals surface area (Å²) in [4.78, 5) is 12.1. The maximum Gasteiger partial charge on any atom is 0.309 e. The molecule has 0 aromatic rings. The molecule has 108 valence electrons. The molecule has 0 spiro atoms. The zero-order valence-electron chi connectivity index (χ0n) is 12.1. The minimum absolute atomic E-state index is 0.0456. The first kappa shape index (κ1) is 14.7. The molecule has 3 unspecified atom stereocenters. The molecule has 2 aliphatic carbocycles. The fourth-order valence-corrected chi connectivity index (χ4v) is 4.29. The molecule has 0 aromatic carbocycles. The fraction of sp³-hybridized carbons (Fsp3) is 0.786. The Morgan fingerprint density at radius 3 is 2.53 bits per heavy atom. The summed E-state index contributed by atoms with van der Waals surface area (Å²) >= 11 is 0. The van der Waals surface area contributed by atoms with Crippen LogP contribution in [0, 0.1) is 17.8 Å². The number of methoxy groups -OCH3 is 2. The van der Waals surface area contributed by atoms with Crippen LogP contribution < -0.4 is 0 Å². The van der Waals surface area contributed by atoms with E-state index in [0.717, 1.165) is 12.8 Å². The van der Waals surface area contributed by atoms with Gasteiger partial charge in [0.2, 0.25) is 0 Å². The van der Waals surface area contributed by atoms with Gasteiger partial charge in [0.25, 0.3) is 0 Å². The van der Waals surface area contributed by atoms with Crippen molar-refractivity contribution in [2.75, 3.05) is 20.8 Å². The summed E-state index contributed by atoms with van der Waals surface area (Å²) in [6.45, 7) is 2.52. The molecule has 5 heteroatoms. The molecule has 0 aromatic heterocycles. The smallest absolute Gasteiger partial charge is 0.309 e. The highest BCUT2D eigenvalue weighted by Gasteiger charge is 2.41. The van der Waals surface area contributed by atoms with Crippen molar-refractivity contribution in [1.29, 1.82) is 0 Å². The molecule has 0 saturated heterocycles. The fourth-order valence-electron chi connectivity index (χ4n) is 3.22. The second-order valence-corrected chi connectivity index (χ2v) is 7.26. The molecule has 2 bridgehead atoms. The van der Waals surface area contributed by atoms with Crippen LogP contribution in [-0.4, -0.2) is 41.7 Å². The van der Waals surface area contributed by atoms with Gasteiger partial charge in [-0.1, -0.05) is 18.7 Å². The van der Waals surface area contributed by atoms with Crippen molar-refractivity contribution in [2.24, 2.45) is 17.8 Å². The zero-order chi connectivity index (χ0) is 13.9. The SMILES string of the molecule is COC(CCOC(=O)C1CC2C=CC1C2)(OC)[SiH2]C. The summed E-state index contributed by atoms with van der Waals surface area (Å²) < 4.78 is 16.3. The van der Waals surface area contributed by atoms with Gasteiger partial charge < -0.3 is 14.2 Å². The van der Waals surface area contributed by atoms with Crippen LogP contribution in [0.1, 0.15) is 19.3 Å². The third-order valence-corrected chi connectivity index (χ3v) is 6.60. The van der Waals surface area contributed by atoms with Crippen LogP contribution in [0.3, 0.4) is 0 Å². The maximum atomic E-state index is 12.1. The van der Waals surface area contributed by atoms with Gasteiger partial charge in [0, 0.05) is 20.6 Å². The Bertz CT molecular complexity index is 343. The lowest BCUT2D eigenvalue weighted by Crippen LogP contribution is -2.40. The average molecular weight is 284 g/mol. The third-order valence-electron chi connectivity index (χ3n) is 4.59. The standard InChI is InChI=1S/C14H24O4Si/c1-16-14(17-2,19-3)6-7-18-13(15)12-9-10-4-5-11(12)8-10/h4-5,10-12H,6-9,19H2,1-3H3. The number of carbonyl (C=O) groups excluding carboxylic acids is 1. The number of hydrogen-bond acceptors (Lipinski definition) is 4. The Hall–Kier alpha value is -0.653. The molecule has 0 aliphatic heterocycles. The monoisotopic (exact) mass is 284 g/mol. The summed E-state index contributed by atoms with van der Waals surface area (Å²) in [6.07, 6.45) is 7.13. The Kier molecular flexibility index (Phi) is 4.81. The lowest BCUT2D eigenvalue weighted by molar-refractivity contribution is -0.166. The van der Waals surface area contributed by atoms with Crippen molar-refractivity contribution < 1.29 is 19.0 Å². The van der Waals surface area contributed by atoms with Crippen molar-refractivity contribution in [3.05, 3.63) is 12.2 Å². The number of esters is 1. The molecule has 2 aliphatic rings. The molecule has 0 N–H and O–H groups in total. The summed E-state index contributed by atoms with van der Waals surface area (Å²) in [5.41, 5.74) is -0.491. The Balaban J connectivity index is 1.76. The van der Waals surface area contributed by atoms with E-state index < -0.39 is 14.9 Å². The largest absolute Gasteiger partial charge is 0.465 e. The normalized spacial score (nSPS) is 29.5. The van der Waals surface area contributed by atoms with Gasteiger partial charge in [-0.05, 0) is 24.7 Å². The summed E-state index contributed by atoms with van der Waals surface area (Å²) in [5.74, 6) is 1.04. The van der Waals surface area contributed by atoms with Crippen LogP contribution in [0.4, 0.5) is 0 Å². The predicted molar refractivity (Wildman–Crippen MR) is 75.6 cm³/mol. The number of carbonyl (C=O) groups is 1. The van der Waals surface area contributed by atoms with E-state index in [-0.39, 0.29) is 11.9 Å². The molecule has 19 heavy (non-hydrogen) atoms. The van der Waals surface area contributed by atoms with Crippen molar-refractivity contribution in [1.82, 2.24) is 0 Å². The van der Waals surface area contributed by atoms with Crippen LogP contribution in [0.15, 0.2) is 12.2 Å². The highest BCUT2D eigenvalue weighted by atomic mass is 28.2. The minimum Gasteiger partial charge on any atom is -0.465 e.